The van der Waals surface area contributed by atoms with Crippen molar-refractivity contribution in [2.24, 2.45) is 29.6 Å². The van der Waals surface area contributed by atoms with E-state index in [1.807, 2.05) is 0 Å². The van der Waals surface area contributed by atoms with Gasteiger partial charge in [0.2, 0.25) is 0 Å². The summed E-state index contributed by atoms with van der Waals surface area (Å²) in [6, 6.07) is 0. The van der Waals surface area contributed by atoms with Gasteiger partial charge in [-0.2, -0.15) is 0 Å². The monoisotopic (exact) mass is 386 g/mol. The van der Waals surface area contributed by atoms with Crippen molar-refractivity contribution in [1.82, 2.24) is 0 Å². The minimum absolute atomic E-state index is 0.0927. The summed E-state index contributed by atoms with van der Waals surface area (Å²) in [4.78, 5) is 0. The van der Waals surface area contributed by atoms with Crippen LogP contribution in [0.5, 0.6) is 0 Å². The number of fused-ring (bicyclic) bond motifs is 4. The van der Waals surface area contributed by atoms with Gasteiger partial charge in [0.1, 0.15) is 12.9 Å². The van der Waals surface area contributed by atoms with Gasteiger partial charge in [-0.15, -0.1) is 0 Å². The Labute approximate surface area is 164 Å². The molecule has 0 aromatic rings. The maximum atomic E-state index is 14.7. The van der Waals surface area contributed by atoms with Gasteiger partial charge >= 0.3 is 0 Å². The first-order valence-corrected chi connectivity index (χ1v) is 13.4. The molecular formula is C24H35O2P. The molecule has 1 saturated heterocycles. The van der Waals surface area contributed by atoms with Crippen molar-refractivity contribution >= 4 is 7.14 Å². The normalized spacial score (nSPS) is 46.9. The molecule has 1 N–H and O–H groups in total. The summed E-state index contributed by atoms with van der Waals surface area (Å²) in [5.74, 6) is 3.27. The summed E-state index contributed by atoms with van der Waals surface area (Å²) in [6.07, 6.45) is 19.6. The Kier molecular flexibility index (Phi) is 4.70. The first-order valence-electron chi connectivity index (χ1n) is 11.5. The summed E-state index contributed by atoms with van der Waals surface area (Å²) < 4.78 is 14.7. The second-order valence-corrected chi connectivity index (χ2v) is 13.1. The molecule has 1 heterocycles. The Morgan fingerprint density at radius 3 is 2.63 bits per heavy atom. The lowest BCUT2D eigenvalue weighted by Gasteiger charge is -2.49. The Balaban J connectivity index is 1.58. The topological polar surface area (TPSA) is 37.3 Å². The number of hydrogen-bond donors (Lipinski definition) is 1. The zero-order valence-electron chi connectivity index (χ0n) is 16.8. The summed E-state index contributed by atoms with van der Waals surface area (Å²) in [5.41, 5.74) is 1.57. The predicted molar refractivity (Wildman–Crippen MR) is 112 cm³/mol. The first-order chi connectivity index (χ1) is 13.1. The molecular weight excluding hydrogens is 351 g/mol. The van der Waals surface area contributed by atoms with Gasteiger partial charge in [-0.3, -0.25) is 0 Å². The third-order valence-corrected chi connectivity index (χ3v) is 12.3. The average molecular weight is 387 g/mol. The number of aliphatic hydroxyl groups is 1. The van der Waals surface area contributed by atoms with Gasteiger partial charge < -0.3 is 9.67 Å². The highest BCUT2D eigenvalue weighted by Gasteiger charge is 2.52. The SMILES string of the molecule is CC1CC(P2(=O)CC3CCCCC3C3=CCC=CC32)=C(O)C2CCCCC12. The van der Waals surface area contributed by atoms with E-state index in [-0.39, 0.29) is 11.6 Å². The molecule has 0 aromatic heterocycles. The minimum atomic E-state index is -2.59. The fourth-order valence-corrected chi connectivity index (χ4v) is 11.5. The van der Waals surface area contributed by atoms with Gasteiger partial charge in [-0.1, -0.05) is 56.4 Å². The van der Waals surface area contributed by atoms with Crippen LogP contribution in [0.1, 0.15) is 71.1 Å². The molecule has 3 fully saturated rings. The van der Waals surface area contributed by atoms with Crippen LogP contribution in [0.2, 0.25) is 0 Å². The smallest absolute Gasteiger partial charge is 0.125 e. The molecule has 4 aliphatic carbocycles. The second kappa shape index (κ2) is 6.94. The van der Waals surface area contributed by atoms with Crippen molar-refractivity contribution in [3.05, 3.63) is 34.9 Å². The number of hydrogen-bond acceptors (Lipinski definition) is 2. The van der Waals surface area contributed by atoms with E-state index in [0.29, 0.717) is 29.4 Å². The predicted octanol–water partition coefficient (Wildman–Crippen LogP) is 7.04. The van der Waals surface area contributed by atoms with Crippen molar-refractivity contribution in [2.75, 3.05) is 6.16 Å². The maximum absolute atomic E-state index is 14.7. The van der Waals surface area contributed by atoms with Crippen LogP contribution in [0.3, 0.4) is 0 Å². The maximum Gasteiger partial charge on any atom is 0.125 e. The van der Waals surface area contributed by atoms with Crippen LogP contribution in [0.15, 0.2) is 34.9 Å². The molecule has 148 valence electrons. The molecule has 27 heavy (non-hydrogen) atoms. The van der Waals surface area contributed by atoms with Crippen molar-refractivity contribution in [3.63, 3.8) is 0 Å². The zero-order chi connectivity index (χ0) is 18.6. The summed E-state index contributed by atoms with van der Waals surface area (Å²) >= 11 is 0. The van der Waals surface area contributed by atoms with Crippen LogP contribution < -0.4 is 0 Å². The molecule has 7 atom stereocenters. The second-order valence-electron chi connectivity index (χ2n) is 10.0. The van der Waals surface area contributed by atoms with Crippen LogP contribution in [-0.4, -0.2) is 16.9 Å². The van der Waals surface area contributed by atoms with Crippen LogP contribution >= 0.6 is 7.14 Å². The highest BCUT2D eigenvalue weighted by molar-refractivity contribution is 7.69. The fraction of sp³-hybridized carbons (Fsp3) is 0.750. The number of rotatable bonds is 1. The third-order valence-electron chi connectivity index (χ3n) is 8.61. The van der Waals surface area contributed by atoms with Gasteiger partial charge in [0.05, 0.1) is 5.66 Å². The standard InChI is InChI=1S/C24H35O2P/c1-16-14-23(24(25)21-12-5-4-9-18(16)21)27(26)15-17-8-2-3-10-19(17)20-11-6-7-13-22(20)27/h7,11,13,16-19,21-22,25H,2-6,8-10,12,14-15H2,1H3. The van der Waals surface area contributed by atoms with Gasteiger partial charge in [-0.25, -0.2) is 0 Å². The largest absolute Gasteiger partial charge is 0.512 e. The Morgan fingerprint density at radius 2 is 1.78 bits per heavy atom. The molecule has 5 rings (SSSR count). The van der Waals surface area contributed by atoms with E-state index in [1.54, 1.807) is 0 Å². The molecule has 0 amide bonds. The molecule has 3 heteroatoms. The minimum Gasteiger partial charge on any atom is -0.512 e. The van der Waals surface area contributed by atoms with Crippen molar-refractivity contribution in [1.29, 1.82) is 0 Å². The van der Waals surface area contributed by atoms with E-state index in [4.69, 9.17) is 0 Å². The lowest BCUT2D eigenvalue weighted by Crippen LogP contribution is -2.38. The summed E-state index contributed by atoms with van der Waals surface area (Å²) in [6.45, 7) is 2.35. The number of aliphatic hydroxyl groups excluding tert-OH is 1. The molecule has 2 saturated carbocycles. The van der Waals surface area contributed by atoms with Crippen molar-refractivity contribution in [2.45, 2.75) is 76.8 Å². The average Bonchev–Trinajstić information content (AvgIpc) is 2.71. The van der Waals surface area contributed by atoms with E-state index in [2.05, 4.69) is 25.2 Å². The number of allylic oxidation sites excluding steroid dienone is 6. The third kappa shape index (κ3) is 2.85. The van der Waals surface area contributed by atoms with E-state index < -0.39 is 7.14 Å². The lowest BCUT2D eigenvalue weighted by atomic mass is 9.68. The molecule has 0 radical (unpaired) electrons. The lowest BCUT2D eigenvalue weighted by molar-refractivity contribution is 0.132. The van der Waals surface area contributed by atoms with Crippen LogP contribution in [0.25, 0.3) is 0 Å². The zero-order valence-corrected chi connectivity index (χ0v) is 17.7. The van der Waals surface area contributed by atoms with Gasteiger partial charge in [0, 0.05) is 17.4 Å². The van der Waals surface area contributed by atoms with Crippen LogP contribution in [-0.2, 0) is 4.57 Å². The van der Waals surface area contributed by atoms with E-state index in [1.165, 1.54) is 50.5 Å². The van der Waals surface area contributed by atoms with Crippen molar-refractivity contribution in [3.8, 4) is 0 Å². The van der Waals surface area contributed by atoms with Gasteiger partial charge in [0.25, 0.3) is 0 Å². The fourth-order valence-electron chi connectivity index (χ4n) is 7.30. The first kappa shape index (κ1) is 18.3. The summed E-state index contributed by atoms with van der Waals surface area (Å²) in [5, 5.41) is 12.4. The molecule has 7 unspecified atom stereocenters. The summed E-state index contributed by atoms with van der Waals surface area (Å²) in [7, 11) is -2.59. The molecule has 2 nitrogen and oxygen atoms in total. The molecule has 0 bridgehead atoms. The van der Waals surface area contributed by atoms with E-state index in [9.17, 15) is 9.67 Å². The van der Waals surface area contributed by atoms with Gasteiger partial charge in [-0.05, 0) is 62.2 Å². The van der Waals surface area contributed by atoms with Crippen LogP contribution in [0.4, 0.5) is 0 Å². The molecule has 0 aromatic carbocycles. The Hall–Kier alpha value is -0.750. The molecule has 0 spiro atoms. The molecule has 5 aliphatic rings. The Bertz CT molecular complexity index is 745. The molecule has 1 aliphatic heterocycles. The highest BCUT2D eigenvalue weighted by atomic mass is 31.2. The Morgan fingerprint density at radius 1 is 1.04 bits per heavy atom. The van der Waals surface area contributed by atoms with Crippen molar-refractivity contribution < 1.29 is 9.67 Å². The van der Waals surface area contributed by atoms with E-state index in [0.717, 1.165) is 30.7 Å². The van der Waals surface area contributed by atoms with Gasteiger partial charge in [0.15, 0.2) is 0 Å². The highest BCUT2D eigenvalue weighted by Crippen LogP contribution is 2.71. The quantitative estimate of drug-likeness (QED) is 0.387. The van der Waals surface area contributed by atoms with E-state index >= 15 is 0 Å². The van der Waals surface area contributed by atoms with Crippen LogP contribution in [0, 0.1) is 29.6 Å².